The van der Waals surface area contributed by atoms with E-state index in [4.69, 9.17) is 0 Å². The molecule has 0 radical (unpaired) electrons. The molecular formula is C16H23BrN4. The predicted octanol–water partition coefficient (Wildman–Crippen LogP) is 3.51. The molecule has 0 saturated carbocycles. The fourth-order valence-electron chi connectivity index (χ4n) is 2.40. The molecule has 1 atom stereocenters. The Morgan fingerprint density at radius 3 is 2.71 bits per heavy atom. The van der Waals surface area contributed by atoms with Crippen LogP contribution >= 0.6 is 15.9 Å². The Hall–Kier alpha value is -1.20. The van der Waals surface area contributed by atoms with Gasteiger partial charge in [-0.2, -0.15) is 5.10 Å². The summed E-state index contributed by atoms with van der Waals surface area (Å²) in [5.74, 6) is 1.59. The minimum absolute atomic E-state index is 0.243. The van der Waals surface area contributed by atoms with Gasteiger partial charge in [0.1, 0.15) is 12.2 Å². The van der Waals surface area contributed by atoms with E-state index in [0.29, 0.717) is 5.92 Å². The third-order valence-corrected chi connectivity index (χ3v) is 4.44. The molecule has 114 valence electrons. The smallest absolute Gasteiger partial charge is 0.138 e. The molecule has 1 heterocycles. The Labute approximate surface area is 135 Å². The van der Waals surface area contributed by atoms with Crippen molar-refractivity contribution in [3.8, 4) is 0 Å². The highest BCUT2D eigenvalue weighted by Crippen LogP contribution is 2.23. The molecular weight excluding hydrogens is 328 g/mol. The highest BCUT2D eigenvalue weighted by Gasteiger charge is 2.15. The summed E-state index contributed by atoms with van der Waals surface area (Å²) < 4.78 is 3.16. The lowest BCUT2D eigenvalue weighted by Crippen LogP contribution is -2.22. The second kappa shape index (κ2) is 7.18. The number of aromatic nitrogens is 3. The minimum atomic E-state index is 0.243. The maximum atomic E-state index is 4.43. The summed E-state index contributed by atoms with van der Waals surface area (Å²) in [6.07, 6.45) is 2.49. The van der Waals surface area contributed by atoms with Gasteiger partial charge in [-0.15, -0.1) is 0 Å². The topological polar surface area (TPSA) is 42.7 Å². The van der Waals surface area contributed by atoms with Crippen LogP contribution in [0.4, 0.5) is 0 Å². The van der Waals surface area contributed by atoms with Crippen LogP contribution in [0.1, 0.15) is 36.8 Å². The van der Waals surface area contributed by atoms with Gasteiger partial charge in [-0.3, -0.25) is 0 Å². The molecule has 1 N–H and O–H groups in total. The van der Waals surface area contributed by atoms with Gasteiger partial charge in [0, 0.05) is 23.5 Å². The standard InChI is InChI=1S/C16H23BrN4/c1-11(2)9-21-16(19-10-20-21)8-15(18-4)13-5-6-14(17)12(3)7-13/h5-7,10-11,15,18H,8-9H2,1-4H3. The van der Waals surface area contributed by atoms with Crippen LogP contribution in [0, 0.1) is 12.8 Å². The molecule has 1 unspecified atom stereocenters. The monoisotopic (exact) mass is 350 g/mol. The first-order chi connectivity index (χ1) is 10.0. The summed E-state index contributed by atoms with van der Waals surface area (Å²) in [5, 5.41) is 7.73. The van der Waals surface area contributed by atoms with E-state index < -0.39 is 0 Å². The van der Waals surface area contributed by atoms with Gasteiger partial charge in [0.05, 0.1) is 0 Å². The molecule has 0 aliphatic heterocycles. The van der Waals surface area contributed by atoms with Gasteiger partial charge in [-0.1, -0.05) is 41.9 Å². The van der Waals surface area contributed by atoms with E-state index in [0.717, 1.165) is 23.3 Å². The van der Waals surface area contributed by atoms with E-state index in [-0.39, 0.29) is 6.04 Å². The zero-order valence-electron chi connectivity index (χ0n) is 13.1. The zero-order valence-corrected chi connectivity index (χ0v) is 14.7. The molecule has 0 spiro atoms. The maximum Gasteiger partial charge on any atom is 0.138 e. The van der Waals surface area contributed by atoms with Crippen molar-refractivity contribution in [2.45, 2.75) is 39.8 Å². The summed E-state index contributed by atoms with van der Waals surface area (Å²) in [6.45, 7) is 7.41. The molecule has 1 aromatic carbocycles. The molecule has 0 bridgehead atoms. The summed E-state index contributed by atoms with van der Waals surface area (Å²) >= 11 is 3.55. The lowest BCUT2D eigenvalue weighted by atomic mass is 10.0. The van der Waals surface area contributed by atoms with E-state index in [1.807, 2.05) is 11.7 Å². The van der Waals surface area contributed by atoms with Crippen LogP contribution in [0.25, 0.3) is 0 Å². The molecule has 4 nitrogen and oxygen atoms in total. The molecule has 1 aromatic heterocycles. The Balaban J connectivity index is 2.19. The van der Waals surface area contributed by atoms with E-state index in [2.05, 4.69) is 70.3 Å². The van der Waals surface area contributed by atoms with E-state index in [1.54, 1.807) is 6.33 Å². The van der Waals surface area contributed by atoms with Crippen molar-refractivity contribution in [3.05, 3.63) is 46.0 Å². The first-order valence-electron chi connectivity index (χ1n) is 7.31. The summed E-state index contributed by atoms with van der Waals surface area (Å²) in [4.78, 5) is 4.43. The van der Waals surface area contributed by atoms with Gasteiger partial charge in [0.2, 0.25) is 0 Å². The average molecular weight is 351 g/mol. The summed E-state index contributed by atoms with van der Waals surface area (Å²) in [5.41, 5.74) is 2.52. The van der Waals surface area contributed by atoms with Crippen molar-refractivity contribution in [1.29, 1.82) is 0 Å². The van der Waals surface area contributed by atoms with Crippen LogP contribution in [0.2, 0.25) is 0 Å². The van der Waals surface area contributed by atoms with Crippen molar-refractivity contribution < 1.29 is 0 Å². The van der Waals surface area contributed by atoms with Gasteiger partial charge in [0.25, 0.3) is 0 Å². The third kappa shape index (κ3) is 4.14. The van der Waals surface area contributed by atoms with Crippen molar-refractivity contribution in [2.75, 3.05) is 7.05 Å². The van der Waals surface area contributed by atoms with Crippen LogP contribution in [-0.4, -0.2) is 21.8 Å². The quantitative estimate of drug-likeness (QED) is 0.866. The van der Waals surface area contributed by atoms with Crippen molar-refractivity contribution in [1.82, 2.24) is 20.1 Å². The Morgan fingerprint density at radius 1 is 1.33 bits per heavy atom. The second-order valence-electron chi connectivity index (χ2n) is 5.81. The number of hydrogen-bond acceptors (Lipinski definition) is 3. The lowest BCUT2D eigenvalue weighted by molar-refractivity contribution is 0.451. The SMILES string of the molecule is CNC(Cc1ncnn1CC(C)C)c1ccc(Br)c(C)c1. The first kappa shape index (κ1) is 16.2. The number of hydrogen-bond donors (Lipinski definition) is 1. The number of likely N-dealkylation sites (N-methyl/N-ethyl adjacent to an activating group) is 1. The van der Waals surface area contributed by atoms with Crippen LogP contribution in [0.15, 0.2) is 29.0 Å². The van der Waals surface area contributed by atoms with E-state index in [9.17, 15) is 0 Å². The van der Waals surface area contributed by atoms with Crippen LogP contribution < -0.4 is 5.32 Å². The molecule has 2 rings (SSSR count). The summed E-state index contributed by atoms with van der Waals surface area (Å²) in [6, 6.07) is 6.72. The van der Waals surface area contributed by atoms with Crippen LogP contribution in [-0.2, 0) is 13.0 Å². The van der Waals surface area contributed by atoms with Crippen molar-refractivity contribution >= 4 is 15.9 Å². The van der Waals surface area contributed by atoms with Gasteiger partial charge >= 0.3 is 0 Å². The number of nitrogens with zero attached hydrogens (tertiary/aromatic N) is 3. The van der Waals surface area contributed by atoms with Gasteiger partial charge in [-0.05, 0) is 37.1 Å². The third-order valence-electron chi connectivity index (χ3n) is 3.55. The number of aryl methyl sites for hydroxylation is 1. The van der Waals surface area contributed by atoms with Gasteiger partial charge < -0.3 is 5.32 Å². The molecule has 0 saturated heterocycles. The van der Waals surface area contributed by atoms with E-state index in [1.165, 1.54) is 11.1 Å². The lowest BCUT2D eigenvalue weighted by Gasteiger charge is -2.18. The molecule has 2 aromatic rings. The normalized spacial score (nSPS) is 12.9. The summed E-state index contributed by atoms with van der Waals surface area (Å²) in [7, 11) is 1.99. The van der Waals surface area contributed by atoms with Gasteiger partial charge in [0.15, 0.2) is 0 Å². The molecule has 0 amide bonds. The number of rotatable bonds is 6. The number of nitrogens with one attached hydrogen (secondary N) is 1. The largest absolute Gasteiger partial charge is 0.313 e. The highest BCUT2D eigenvalue weighted by atomic mass is 79.9. The highest BCUT2D eigenvalue weighted by molar-refractivity contribution is 9.10. The van der Waals surface area contributed by atoms with Gasteiger partial charge in [-0.25, -0.2) is 9.67 Å². The number of halogens is 1. The average Bonchev–Trinajstić information content (AvgIpc) is 2.85. The number of benzene rings is 1. The molecule has 0 fully saturated rings. The molecule has 5 heteroatoms. The Morgan fingerprint density at radius 2 is 2.10 bits per heavy atom. The molecule has 0 aliphatic carbocycles. The first-order valence-corrected chi connectivity index (χ1v) is 8.10. The maximum absolute atomic E-state index is 4.43. The van der Waals surface area contributed by atoms with Crippen LogP contribution in [0.3, 0.4) is 0 Å². The van der Waals surface area contributed by atoms with Crippen molar-refractivity contribution in [3.63, 3.8) is 0 Å². The molecule has 0 aliphatic rings. The molecule has 21 heavy (non-hydrogen) atoms. The van der Waals surface area contributed by atoms with Crippen molar-refractivity contribution in [2.24, 2.45) is 5.92 Å². The fraction of sp³-hybridized carbons (Fsp3) is 0.500. The Kier molecular flexibility index (Phi) is 5.53. The minimum Gasteiger partial charge on any atom is -0.313 e. The Bertz CT molecular complexity index is 592. The predicted molar refractivity (Wildman–Crippen MR) is 89.2 cm³/mol. The zero-order chi connectivity index (χ0) is 15.4. The fourth-order valence-corrected chi connectivity index (χ4v) is 2.64. The second-order valence-corrected chi connectivity index (χ2v) is 6.66. The van der Waals surface area contributed by atoms with E-state index >= 15 is 0 Å². The van der Waals surface area contributed by atoms with Crippen LogP contribution in [0.5, 0.6) is 0 Å².